The minimum atomic E-state index is -4.94. The summed E-state index contributed by atoms with van der Waals surface area (Å²) in [4.78, 5) is 14.6. The fourth-order valence-corrected chi connectivity index (χ4v) is 6.83. The summed E-state index contributed by atoms with van der Waals surface area (Å²) in [5, 5.41) is 12.0. The van der Waals surface area contributed by atoms with E-state index in [1.165, 1.54) is 12.1 Å². The predicted molar refractivity (Wildman–Crippen MR) is 170 cm³/mol. The molecule has 1 heterocycles. The quantitative estimate of drug-likeness (QED) is 0.102. The smallest absolute Gasteiger partial charge is 0.578 e. The number of nitrogens with zero attached hydrogens (tertiary/aromatic N) is 1. The molecule has 1 amide bonds. The molecule has 0 saturated carbocycles. The van der Waals surface area contributed by atoms with E-state index in [0.717, 1.165) is 66.3 Å². The van der Waals surface area contributed by atoms with Crippen molar-refractivity contribution in [1.82, 2.24) is 4.72 Å². The number of nitrogen functional groups attached to an aromatic ring is 1. The van der Waals surface area contributed by atoms with Gasteiger partial charge in [-0.05, 0) is 95.9 Å². The van der Waals surface area contributed by atoms with Crippen LogP contribution in [-0.4, -0.2) is 34.2 Å². The largest absolute Gasteiger partial charge is 0.604 e. The molecular weight excluding hydrogens is 631 g/mol. The SMILES string of the molecule is Nc1ccc(SNC(=O)c2ccc(N3CCC(C(O)c4ccccc4-c4ccc(Cl)cc4)CC3)cc2)cc1[S+]([O-])C(F)(F)F. The number of aliphatic hydroxyl groups is 1. The summed E-state index contributed by atoms with van der Waals surface area (Å²) in [5.74, 6) is -0.345. The van der Waals surface area contributed by atoms with Crippen LogP contribution < -0.4 is 15.4 Å². The summed E-state index contributed by atoms with van der Waals surface area (Å²) in [5.41, 5.74) is 4.60. The number of halogens is 4. The number of carbonyl (C=O) groups is 1. The molecule has 4 aromatic rings. The first kappa shape index (κ1) is 32.1. The number of hydrogen-bond acceptors (Lipinski definition) is 6. The van der Waals surface area contributed by atoms with Gasteiger partial charge in [0.1, 0.15) is 11.2 Å². The van der Waals surface area contributed by atoms with Gasteiger partial charge >= 0.3 is 5.51 Å². The molecule has 0 bridgehead atoms. The molecule has 4 N–H and O–H groups in total. The highest BCUT2D eigenvalue weighted by Crippen LogP contribution is 2.38. The van der Waals surface area contributed by atoms with E-state index in [1.807, 2.05) is 60.7 Å². The third kappa shape index (κ3) is 7.47. The van der Waals surface area contributed by atoms with Crippen LogP contribution >= 0.6 is 23.5 Å². The monoisotopic (exact) mass is 659 g/mol. The fraction of sp³-hybridized carbons (Fsp3) is 0.219. The Labute approximate surface area is 265 Å². The van der Waals surface area contributed by atoms with Crippen LogP contribution in [0.4, 0.5) is 24.5 Å². The third-order valence-corrected chi connectivity index (χ3v) is 9.77. The Morgan fingerprint density at radius 2 is 1.68 bits per heavy atom. The molecular formula is C32H29ClF3N3O3S2. The van der Waals surface area contributed by atoms with E-state index >= 15 is 0 Å². The maximum atomic E-state index is 12.9. The standard InChI is InChI=1S/C32H29ClF3N3O3S2/c33-23-9-5-20(6-10-23)26-3-1-2-4-27(26)30(40)21-15-17-39(18-16-21)24-11-7-22(8-12-24)31(41)38-43-25-13-14-28(37)29(19-25)44(42)32(34,35)36/h1-14,19,21,30,40H,15-18,37H2,(H,38,41). The summed E-state index contributed by atoms with van der Waals surface area (Å²) in [6.07, 6.45) is 0.966. The van der Waals surface area contributed by atoms with Crippen molar-refractivity contribution in [3.63, 3.8) is 0 Å². The number of benzene rings is 4. The highest BCUT2D eigenvalue weighted by molar-refractivity contribution is 7.98. The summed E-state index contributed by atoms with van der Waals surface area (Å²) < 4.78 is 53.1. The van der Waals surface area contributed by atoms with Crippen LogP contribution in [0.1, 0.15) is 34.9 Å². The zero-order valence-corrected chi connectivity index (χ0v) is 25.6. The molecule has 0 spiro atoms. The van der Waals surface area contributed by atoms with Gasteiger partial charge < -0.3 is 20.3 Å². The molecule has 4 aromatic carbocycles. The highest BCUT2D eigenvalue weighted by atomic mass is 35.5. The average molecular weight is 660 g/mol. The van der Waals surface area contributed by atoms with E-state index < -0.39 is 33.6 Å². The number of nitrogens with one attached hydrogen (secondary N) is 1. The number of nitrogens with two attached hydrogens (primary N) is 1. The Hall–Kier alpha value is -3.35. The van der Waals surface area contributed by atoms with Gasteiger partial charge in [-0.1, -0.05) is 48.0 Å². The first-order chi connectivity index (χ1) is 21.0. The van der Waals surface area contributed by atoms with Crippen LogP contribution in [0.5, 0.6) is 0 Å². The van der Waals surface area contributed by atoms with Gasteiger partial charge in [0, 0.05) is 40.3 Å². The van der Waals surface area contributed by atoms with Crippen LogP contribution in [0.25, 0.3) is 11.1 Å². The van der Waals surface area contributed by atoms with Gasteiger partial charge in [0.2, 0.25) is 0 Å². The highest BCUT2D eigenvalue weighted by Gasteiger charge is 2.47. The predicted octanol–water partition coefficient (Wildman–Crippen LogP) is 7.60. The van der Waals surface area contributed by atoms with E-state index in [-0.39, 0.29) is 16.5 Å². The van der Waals surface area contributed by atoms with Gasteiger partial charge in [0.15, 0.2) is 4.90 Å². The maximum Gasteiger partial charge on any atom is 0.578 e. The Bertz CT molecular complexity index is 1600. The Balaban J connectivity index is 1.17. The zero-order chi connectivity index (χ0) is 31.4. The molecule has 230 valence electrons. The van der Waals surface area contributed by atoms with Gasteiger partial charge in [-0.25, -0.2) is 0 Å². The van der Waals surface area contributed by atoms with E-state index in [4.69, 9.17) is 17.3 Å². The first-order valence-electron chi connectivity index (χ1n) is 13.7. The summed E-state index contributed by atoms with van der Waals surface area (Å²) in [6, 6.07) is 26.3. The van der Waals surface area contributed by atoms with Crippen molar-refractivity contribution in [3.05, 3.63) is 107 Å². The molecule has 1 aliphatic rings. The van der Waals surface area contributed by atoms with Gasteiger partial charge in [-0.3, -0.25) is 9.52 Å². The lowest BCUT2D eigenvalue weighted by Crippen LogP contribution is -2.35. The molecule has 44 heavy (non-hydrogen) atoms. The van der Waals surface area contributed by atoms with Gasteiger partial charge in [-0.2, -0.15) is 0 Å². The van der Waals surface area contributed by atoms with E-state index in [2.05, 4.69) is 9.62 Å². The number of hydrogen-bond donors (Lipinski definition) is 3. The first-order valence-corrected chi connectivity index (χ1v) is 16.1. The lowest BCUT2D eigenvalue weighted by Gasteiger charge is -2.36. The van der Waals surface area contributed by atoms with Gasteiger partial charge in [-0.15, -0.1) is 13.2 Å². The molecule has 5 rings (SSSR count). The Morgan fingerprint density at radius 3 is 2.34 bits per heavy atom. The third-order valence-electron chi connectivity index (χ3n) is 7.57. The maximum absolute atomic E-state index is 12.9. The second-order valence-corrected chi connectivity index (χ2v) is 13.1. The van der Waals surface area contributed by atoms with Crippen molar-refractivity contribution < 1.29 is 27.6 Å². The number of amides is 1. The van der Waals surface area contributed by atoms with Crippen LogP contribution in [0.3, 0.4) is 0 Å². The number of piperidine rings is 1. The van der Waals surface area contributed by atoms with Crippen molar-refractivity contribution >= 4 is 52.0 Å². The van der Waals surface area contributed by atoms with Crippen molar-refractivity contribution in [2.45, 2.75) is 34.2 Å². The second-order valence-electron chi connectivity index (χ2n) is 10.4. The van der Waals surface area contributed by atoms with Crippen LogP contribution in [0.2, 0.25) is 5.02 Å². The summed E-state index contributed by atoms with van der Waals surface area (Å²) in [6.45, 7) is 1.48. The van der Waals surface area contributed by atoms with E-state index in [1.54, 1.807) is 12.1 Å². The minimum absolute atomic E-state index is 0.0872. The number of anilines is 2. The number of rotatable bonds is 8. The fourth-order valence-electron chi connectivity index (χ4n) is 5.23. The van der Waals surface area contributed by atoms with Crippen molar-refractivity contribution in [3.8, 4) is 11.1 Å². The average Bonchev–Trinajstić information content (AvgIpc) is 3.03. The zero-order valence-electron chi connectivity index (χ0n) is 23.3. The van der Waals surface area contributed by atoms with E-state index in [0.29, 0.717) is 10.6 Å². The summed E-state index contributed by atoms with van der Waals surface area (Å²) in [7, 11) is 0. The lowest BCUT2D eigenvalue weighted by molar-refractivity contribution is -0.0435. The molecule has 2 atom stereocenters. The molecule has 1 fully saturated rings. The van der Waals surface area contributed by atoms with Gasteiger partial charge in [0.25, 0.3) is 5.91 Å². The molecule has 6 nitrogen and oxygen atoms in total. The molecule has 0 aliphatic carbocycles. The van der Waals surface area contributed by atoms with Crippen LogP contribution in [0, 0.1) is 5.92 Å². The summed E-state index contributed by atoms with van der Waals surface area (Å²) >= 11 is 3.60. The minimum Gasteiger partial charge on any atom is -0.604 e. The molecule has 1 saturated heterocycles. The number of aliphatic hydroxyl groups excluding tert-OH is 1. The van der Waals surface area contributed by atoms with Crippen LogP contribution in [0.15, 0.2) is 101 Å². The van der Waals surface area contributed by atoms with Gasteiger partial charge in [0.05, 0.1) is 11.8 Å². The lowest BCUT2D eigenvalue weighted by atomic mass is 9.84. The van der Waals surface area contributed by atoms with Crippen molar-refractivity contribution in [1.29, 1.82) is 0 Å². The molecule has 12 heteroatoms. The molecule has 1 aliphatic heterocycles. The Kier molecular flexibility index (Phi) is 10.0. The number of alkyl halides is 3. The van der Waals surface area contributed by atoms with Crippen LogP contribution in [-0.2, 0) is 11.2 Å². The topological polar surface area (TPSA) is 102 Å². The van der Waals surface area contributed by atoms with E-state index in [9.17, 15) is 27.6 Å². The molecule has 0 aromatic heterocycles. The molecule has 0 radical (unpaired) electrons. The Morgan fingerprint density at radius 1 is 1.02 bits per heavy atom. The molecule has 2 unspecified atom stereocenters. The second kappa shape index (κ2) is 13.7. The number of carbonyl (C=O) groups excluding carboxylic acids is 1. The van der Waals surface area contributed by atoms with Crippen molar-refractivity contribution in [2.75, 3.05) is 23.7 Å². The van der Waals surface area contributed by atoms with Crippen molar-refractivity contribution in [2.24, 2.45) is 5.92 Å². The normalized spacial score (nSPS) is 15.5.